The van der Waals surface area contributed by atoms with Crippen LogP contribution in [0.1, 0.15) is 18.2 Å². The van der Waals surface area contributed by atoms with Crippen molar-refractivity contribution in [3.63, 3.8) is 0 Å². The van der Waals surface area contributed by atoms with E-state index in [2.05, 4.69) is 9.97 Å². The molecule has 0 radical (unpaired) electrons. The minimum absolute atomic E-state index is 0.287. The molecule has 25 heavy (non-hydrogen) atoms. The predicted molar refractivity (Wildman–Crippen MR) is 94.1 cm³/mol. The third-order valence-corrected chi connectivity index (χ3v) is 3.74. The number of halogens is 1. The SMILES string of the molecule is CCc1cc(OCc2cccc(OC)c2)nc(-c2ccc(F)cc2)n1. The summed E-state index contributed by atoms with van der Waals surface area (Å²) < 4.78 is 24.2. The molecule has 0 fully saturated rings. The average molecular weight is 338 g/mol. The fourth-order valence-electron chi connectivity index (χ4n) is 2.38. The van der Waals surface area contributed by atoms with E-state index in [1.807, 2.05) is 37.3 Å². The molecule has 0 aliphatic rings. The van der Waals surface area contributed by atoms with Crippen LogP contribution in [-0.4, -0.2) is 17.1 Å². The Labute approximate surface area is 146 Å². The molecule has 1 aromatic heterocycles. The fraction of sp³-hybridized carbons (Fsp3) is 0.200. The van der Waals surface area contributed by atoms with Gasteiger partial charge in [-0.05, 0) is 48.4 Å². The zero-order valence-electron chi connectivity index (χ0n) is 14.2. The van der Waals surface area contributed by atoms with Crippen LogP contribution in [0.15, 0.2) is 54.6 Å². The van der Waals surface area contributed by atoms with Gasteiger partial charge in [0.15, 0.2) is 5.82 Å². The van der Waals surface area contributed by atoms with E-state index in [1.165, 1.54) is 12.1 Å². The second kappa shape index (κ2) is 7.75. The van der Waals surface area contributed by atoms with Gasteiger partial charge in [0.05, 0.1) is 7.11 Å². The molecule has 0 saturated heterocycles. The standard InChI is InChI=1S/C20H19FN2O2/c1-3-17-12-19(25-13-14-5-4-6-18(11-14)24-2)23-20(22-17)15-7-9-16(21)10-8-15/h4-12H,3,13H2,1-2H3. The number of benzene rings is 2. The van der Waals surface area contributed by atoms with Gasteiger partial charge in [0, 0.05) is 17.3 Å². The first-order chi connectivity index (χ1) is 12.2. The van der Waals surface area contributed by atoms with Gasteiger partial charge in [-0.25, -0.2) is 9.37 Å². The first-order valence-corrected chi connectivity index (χ1v) is 8.07. The van der Waals surface area contributed by atoms with Crippen molar-refractivity contribution in [2.24, 2.45) is 0 Å². The van der Waals surface area contributed by atoms with Crippen molar-refractivity contribution in [2.45, 2.75) is 20.0 Å². The molecular weight excluding hydrogens is 319 g/mol. The van der Waals surface area contributed by atoms with E-state index in [1.54, 1.807) is 19.2 Å². The molecule has 3 aromatic rings. The molecule has 0 saturated carbocycles. The maximum absolute atomic E-state index is 13.1. The molecule has 3 rings (SSSR count). The summed E-state index contributed by atoms with van der Waals surface area (Å²) in [4.78, 5) is 8.95. The maximum atomic E-state index is 13.1. The molecule has 0 aliphatic carbocycles. The Kier molecular flexibility index (Phi) is 5.23. The van der Waals surface area contributed by atoms with Crippen molar-refractivity contribution in [2.75, 3.05) is 7.11 Å². The first-order valence-electron chi connectivity index (χ1n) is 8.07. The summed E-state index contributed by atoms with van der Waals surface area (Å²) >= 11 is 0. The number of hydrogen-bond donors (Lipinski definition) is 0. The Balaban J connectivity index is 1.83. The Morgan fingerprint density at radius 2 is 1.80 bits per heavy atom. The monoisotopic (exact) mass is 338 g/mol. The van der Waals surface area contributed by atoms with Gasteiger partial charge in [-0.2, -0.15) is 4.98 Å². The lowest BCUT2D eigenvalue weighted by molar-refractivity contribution is 0.292. The normalized spacial score (nSPS) is 10.5. The Morgan fingerprint density at radius 1 is 1.00 bits per heavy atom. The Bertz CT molecular complexity index is 851. The van der Waals surface area contributed by atoms with E-state index in [9.17, 15) is 4.39 Å². The molecule has 0 N–H and O–H groups in total. The topological polar surface area (TPSA) is 44.2 Å². The zero-order valence-corrected chi connectivity index (χ0v) is 14.2. The average Bonchev–Trinajstić information content (AvgIpc) is 2.67. The van der Waals surface area contributed by atoms with Crippen molar-refractivity contribution in [3.05, 3.63) is 71.7 Å². The molecule has 0 unspecified atom stereocenters. The minimum atomic E-state index is -0.287. The van der Waals surface area contributed by atoms with Crippen LogP contribution in [0, 0.1) is 5.82 Å². The molecular formula is C20H19FN2O2. The van der Waals surface area contributed by atoms with Crippen molar-refractivity contribution >= 4 is 0 Å². The molecule has 2 aromatic carbocycles. The lowest BCUT2D eigenvalue weighted by Crippen LogP contribution is -2.02. The summed E-state index contributed by atoms with van der Waals surface area (Å²) in [6.07, 6.45) is 0.756. The number of aryl methyl sites for hydroxylation is 1. The number of methoxy groups -OCH3 is 1. The highest BCUT2D eigenvalue weighted by Gasteiger charge is 2.08. The highest BCUT2D eigenvalue weighted by Crippen LogP contribution is 2.21. The van der Waals surface area contributed by atoms with Crippen LogP contribution in [-0.2, 0) is 13.0 Å². The minimum Gasteiger partial charge on any atom is -0.497 e. The van der Waals surface area contributed by atoms with E-state index in [0.29, 0.717) is 18.3 Å². The van der Waals surface area contributed by atoms with Crippen LogP contribution in [0.4, 0.5) is 4.39 Å². The molecule has 5 heteroatoms. The van der Waals surface area contributed by atoms with Crippen molar-refractivity contribution < 1.29 is 13.9 Å². The van der Waals surface area contributed by atoms with Crippen molar-refractivity contribution in [3.8, 4) is 23.0 Å². The number of hydrogen-bond acceptors (Lipinski definition) is 4. The van der Waals surface area contributed by atoms with Crippen LogP contribution in [0.25, 0.3) is 11.4 Å². The van der Waals surface area contributed by atoms with Gasteiger partial charge < -0.3 is 9.47 Å². The number of aromatic nitrogens is 2. The largest absolute Gasteiger partial charge is 0.497 e. The lowest BCUT2D eigenvalue weighted by atomic mass is 10.2. The molecule has 1 heterocycles. The predicted octanol–water partition coefficient (Wildman–Crippen LogP) is 4.43. The van der Waals surface area contributed by atoms with E-state index in [-0.39, 0.29) is 5.82 Å². The molecule has 0 atom stereocenters. The van der Waals surface area contributed by atoms with Crippen molar-refractivity contribution in [1.82, 2.24) is 9.97 Å². The third-order valence-electron chi connectivity index (χ3n) is 3.74. The van der Waals surface area contributed by atoms with Gasteiger partial charge in [0.25, 0.3) is 0 Å². The molecule has 0 aliphatic heterocycles. The van der Waals surface area contributed by atoms with Gasteiger partial charge in [0.1, 0.15) is 18.2 Å². The second-order valence-corrected chi connectivity index (χ2v) is 5.52. The van der Waals surface area contributed by atoms with Crippen LogP contribution in [0.5, 0.6) is 11.6 Å². The van der Waals surface area contributed by atoms with Crippen LogP contribution >= 0.6 is 0 Å². The summed E-state index contributed by atoms with van der Waals surface area (Å²) in [5.41, 5.74) is 2.61. The van der Waals surface area contributed by atoms with Crippen LogP contribution in [0.3, 0.4) is 0 Å². The second-order valence-electron chi connectivity index (χ2n) is 5.52. The van der Waals surface area contributed by atoms with E-state index in [4.69, 9.17) is 9.47 Å². The number of nitrogens with zero attached hydrogens (tertiary/aromatic N) is 2. The van der Waals surface area contributed by atoms with E-state index < -0.39 is 0 Å². The van der Waals surface area contributed by atoms with Crippen LogP contribution in [0.2, 0.25) is 0 Å². The molecule has 4 nitrogen and oxygen atoms in total. The van der Waals surface area contributed by atoms with Gasteiger partial charge >= 0.3 is 0 Å². The van der Waals surface area contributed by atoms with E-state index in [0.717, 1.165) is 29.0 Å². The number of ether oxygens (including phenoxy) is 2. The van der Waals surface area contributed by atoms with Gasteiger partial charge in [0.2, 0.25) is 5.88 Å². The quantitative estimate of drug-likeness (QED) is 0.667. The summed E-state index contributed by atoms with van der Waals surface area (Å²) in [5.74, 6) is 1.52. The fourth-order valence-corrected chi connectivity index (χ4v) is 2.38. The maximum Gasteiger partial charge on any atom is 0.217 e. The van der Waals surface area contributed by atoms with Gasteiger partial charge in [-0.1, -0.05) is 19.1 Å². The molecule has 0 amide bonds. The highest BCUT2D eigenvalue weighted by molar-refractivity contribution is 5.55. The first kappa shape index (κ1) is 16.9. The van der Waals surface area contributed by atoms with Gasteiger partial charge in [-0.15, -0.1) is 0 Å². The van der Waals surface area contributed by atoms with E-state index >= 15 is 0 Å². The summed E-state index contributed by atoms with van der Waals surface area (Å²) in [7, 11) is 1.63. The number of rotatable bonds is 6. The summed E-state index contributed by atoms with van der Waals surface area (Å²) in [6, 6.07) is 15.6. The Morgan fingerprint density at radius 3 is 2.52 bits per heavy atom. The van der Waals surface area contributed by atoms with Crippen LogP contribution < -0.4 is 9.47 Å². The summed E-state index contributed by atoms with van der Waals surface area (Å²) in [6.45, 7) is 2.39. The third kappa shape index (κ3) is 4.32. The highest BCUT2D eigenvalue weighted by atomic mass is 19.1. The van der Waals surface area contributed by atoms with Gasteiger partial charge in [-0.3, -0.25) is 0 Å². The lowest BCUT2D eigenvalue weighted by Gasteiger charge is -2.10. The zero-order chi connectivity index (χ0) is 17.6. The van der Waals surface area contributed by atoms with Crippen molar-refractivity contribution in [1.29, 1.82) is 0 Å². The Hall–Kier alpha value is -2.95. The smallest absolute Gasteiger partial charge is 0.217 e. The molecule has 0 bridgehead atoms. The summed E-state index contributed by atoms with van der Waals surface area (Å²) in [5, 5.41) is 0. The molecule has 128 valence electrons. The molecule has 0 spiro atoms.